The van der Waals surface area contributed by atoms with Crippen molar-refractivity contribution in [2.45, 2.75) is 45.0 Å². The van der Waals surface area contributed by atoms with E-state index < -0.39 is 9.86 Å². The largest absolute Gasteiger partial charge is 1.00 e. The first-order chi connectivity index (χ1) is 14.3. The van der Waals surface area contributed by atoms with Crippen LogP contribution in [0.15, 0.2) is 32.4 Å². The third-order valence-corrected chi connectivity index (χ3v) is 4.39. The Hall–Kier alpha value is 2.53. The van der Waals surface area contributed by atoms with E-state index in [9.17, 15) is 9.59 Å². The second-order valence-electron chi connectivity index (χ2n) is 6.39. The number of hydrogen-bond donors (Lipinski definition) is 0. The minimum Gasteiger partial charge on any atom is -1.00 e. The predicted molar refractivity (Wildman–Crippen MR) is 132 cm³/mol. The van der Waals surface area contributed by atoms with Crippen molar-refractivity contribution in [1.82, 2.24) is 9.78 Å². The molecule has 2 heterocycles. The number of aromatic nitrogens is 2. The average Bonchev–Trinajstić information content (AvgIpc) is 3.38. The molecule has 0 atom stereocenters. The number of ether oxygens (including phenoxy) is 2. The van der Waals surface area contributed by atoms with Gasteiger partial charge in [0.15, 0.2) is 5.54 Å². The molecule has 0 bridgehead atoms. The first kappa shape index (κ1) is 46.4. The molecule has 1 aliphatic rings. The number of alkyl halides is 1. The fourth-order valence-corrected chi connectivity index (χ4v) is 2.26. The average molecular weight is 918 g/mol. The smallest absolute Gasteiger partial charge is 1.00 e. The molecule has 0 aromatic carbocycles. The van der Waals surface area contributed by atoms with Crippen molar-refractivity contribution < 1.29 is 173 Å². The third kappa shape index (κ3) is 22.5. The molecular weight excluding hydrogens is 888 g/mol. The molecule has 0 amide bonds. The van der Waals surface area contributed by atoms with Crippen LogP contribution >= 0.6 is 47.8 Å². The van der Waals surface area contributed by atoms with E-state index in [1.165, 1.54) is 14.2 Å². The second-order valence-corrected chi connectivity index (χ2v) is 10.2. The van der Waals surface area contributed by atoms with Crippen molar-refractivity contribution in [1.29, 1.82) is 0 Å². The van der Waals surface area contributed by atoms with E-state index >= 15 is 0 Å². The van der Waals surface area contributed by atoms with Crippen molar-refractivity contribution in [3.63, 3.8) is 0 Å². The van der Waals surface area contributed by atoms with Gasteiger partial charge in [0.1, 0.15) is 4.32 Å². The van der Waals surface area contributed by atoms with Crippen LogP contribution in [0.5, 0.6) is 0 Å². The Morgan fingerprint density at radius 2 is 1.62 bits per heavy atom. The van der Waals surface area contributed by atoms with Crippen molar-refractivity contribution in [3.8, 4) is 0 Å². The van der Waals surface area contributed by atoms with Crippen LogP contribution < -0.4 is 143 Å². The quantitative estimate of drug-likeness (QED) is 0.106. The van der Waals surface area contributed by atoms with E-state index in [-0.39, 0.29) is 165 Å². The maximum Gasteiger partial charge on any atom is 1.00 e. The van der Waals surface area contributed by atoms with Gasteiger partial charge in [0.25, 0.3) is 6.47 Å². The molecular formula is C19H30Br3Cs2N3O7. The van der Waals surface area contributed by atoms with Crippen molar-refractivity contribution >= 4 is 72.4 Å². The molecule has 34 heavy (non-hydrogen) atoms. The van der Waals surface area contributed by atoms with E-state index in [2.05, 4.69) is 72.2 Å². The van der Waals surface area contributed by atoms with E-state index in [0.29, 0.717) is 0 Å². The second kappa shape index (κ2) is 25.8. The summed E-state index contributed by atoms with van der Waals surface area (Å²) < 4.78 is 12.0. The Kier molecular flexibility index (Phi) is 35.2. The molecule has 10 nitrogen and oxygen atoms in total. The summed E-state index contributed by atoms with van der Waals surface area (Å²) >= 11 is 9.64. The van der Waals surface area contributed by atoms with Gasteiger partial charge in [-0.25, -0.2) is 4.79 Å². The van der Waals surface area contributed by atoms with Crippen LogP contribution in [0.4, 0.5) is 0 Å². The summed E-state index contributed by atoms with van der Waals surface area (Å²) in [5.41, 5.74) is -0.763. The van der Waals surface area contributed by atoms with Crippen molar-refractivity contribution in [2.75, 3.05) is 20.8 Å². The molecule has 0 unspecified atom stereocenters. The standard InChI is InChI=1S/C8H11BrN2O2.C5H9BrO2.C4H4BrN.CH2O3.CH4.2Cs.H/c1-8(2,7(12)13-3)11-5-6(9)4-10-11;1-5(2,6)4(7)8-3;5-4-1-2-6-3-4;2-1-4-3;;;;/h4-5H,1-3H3;1-3H3;1,3H,2H2;1,3H;1H4;;;/q;;;;;2*+1;-1/p-1. The van der Waals surface area contributed by atoms with Crippen LogP contribution in [0.2, 0.25) is 0 Å². The number of methoxy groups -OCH3 is 2. The number of aliphatic imine (C=N–C) groups is 1. The summed E-state index contributed by atoms with van der Waals surface area (Å²) in [4.78, 5) is 37.1. The molecule has 0 N–H and O–H groups in total. The maximum atomic E-state index is 11.3. The first-order valence-corrected chi connectivity index (χ1v) is 10.8. The van der Waals surface area contributed by atoms with Crippen LogP contribution in [-0.2, 0) is 34.3 Å². The Morgan fingerprint density at radius 3 is 1.79 bits per heavy atom. The third-order valence-electron chi connectivity index (χ3n) is 3.13. The Morgan fingerprint density at radius 1 is 1.15 bits per heavy atom. The van der Waals surface area contributed by atoms with Gasteiger partial charge in [0, 0.05) is 16.9 Å². The van der Waals surface area contributed by atoms with Crippen LogP contribution in [-0.4, -0.2) is 59.5 Å². The molecule has 2 rings (SSSR count). The summed E-state index contributed by atoms with van der Waals surface area (Å²) in [6.45, 7) is 7.63. The molecule has 0 fully saturated rings. The molecule has 1 aliphatic heterocycles. The Balaban J connectivity index is -0.0000000837. The molecule has 15 heteroatoms. The van der Waals surface area contributed by atoms with Gasteiger partial charge < -0.3 is 21.0 Å². The predicted octanol–water partition coefficient (Wildman–Crippen LogP) is -2.57. The normalized spacial score (nSPS) is 10.8. The van der Waals surface area contributed by atoms with E-state index in [4.69, 9.17) is 10.1 Å². The number of allylic oxidation sites excluding steroid dienone is 1. The fraction of sp³-hybridized carbons (Fsp3) is 0.526. The van der Waals surface area contributed by atoms with Crippen LogP contribution in [0.1, 0.15) is 36.5 Å². The van der Waals surface area contributed by atoms with E-state index in [1.807, 2.05) is 6.08 Å². The fourth-order valence-electron chi connectivity index (χ4n) is 1.53. The minimum absolute atomic E-state index is 0. The van der Waals surface area contributed by atoms with Gasteiger partial charge in [-0.1, -0.05) is 23.4 Å². The molecule has 0 spiro atoms. The van der Waals surface area contributed by atoms with E-state index in [1.54, 1.807) is 51.0 Å². The number of hydrogen-bond acceptors (Lipinski definition) is 9. The summed E-state index contributed by atoms with van der Waals surface area (Å²) in [7, 11) is 2.73. The molecule has 186 valence electrons. The minimum atomic E-state index is -0.763. The molecule has 0 saturated heterocycles. The Labute approximate surface area is 345 Å². The zero-order valence-electron chi connectivity index (χ0n) is 20.9. The van der Waals surface area contributed by atoms with Crippen molar-refractivity contribution in [2.24, 2.45) is 4.99 Å². The number of nitrogens with zero attached hydrogens (tertiary/aromatic N) is 3. The van der Waals surface area contributed by atoms with Gasteiger partial charge in [-0.3, -0.25) is 19.3 Å². The molecule has 0 aliphatic carbocycles. The van der Waals surface area contributed by atoms with Gasteiger partial charge in [-0.05, 0) is 65.6 Å². The molecule has 1 aromatic rings. The molecule has 1 aromatic heterocycles. The molecule has 0 radical (unpaired) electrons. The van der Waals surface area contributed by atoms with Crippen LogP contribution in [0.3, 0.4) is 0 Å². The number of halogens is 3. The van der Waals surface area contributed by atoms with Crippen molar-refractivity contribution in [3.05, 3.63) is 27.4 Å². The SMILES string of the molecule is BrC1=CCN=C1.C.COC(=O)C(C)(C)Br.COC(=O)C(C)(C)n1cc(Br)cn1.O=CO[O-].[Cs+].[Cs+].[H-]. The van der Waals surface area contributed by atoms with Gasteiger partial charge in [-0.2, -0.15) is 5.10 Å². The zero-order valence-corrected chi connectivity index (χ0v) is 37.2. The summed E-state index contributed by atoms with van der Waals surface area (Å²) in [6.07, 6.45) is 7.18. The van der Waals surface area contributed by atoms with Crippen LogP contribution in [0, 0.1) is 0 Å². The van der Waals surface area contributed by atoms with Gasteiger partial charge in [0.05, 0.1) is 31.4 Å². The van der Waals surface area contributed by atoms with Gasteiger partial charge >= 0.3 is 150 Å². The van der Waals surface area contributed by atoms with Crippen LogP contribution in [0.25, 0.3) is 0 Å². The molecule has 0 saturated carbocycles. The Bertz CT molecular complexity index is 772. The van der Waals surface area contributed by atoms with Gasteiger partial charge in [0.2, 0.25) is 0 Å². The maximum absolute atomic E-state index is 11.3. The zero-order chi connectivity index (χ0) is 24.7. The number of carbonyl (C=O) groups excluding carboxylic acids is 3. The first-order valence-electron chi connectivity index (χ1n) is 8.42. The topological polar surface area (TPSA) is 132 Å². The monoisotopic (exact) mass is 915 g/mol. The summed E-state index contributed by atoms with van der Waals surface area (Å²) in [6, 6.07) is 0. The number of esters is 2. The number of rotatable bonds is 4. The number of carbonyl (C=O) groups is 3. The summed E-state index contributed by atoms with van der Waals surface area (Å²) in [5, 5.41) is 12.5. The van der Waals surface area contributed by atoms with Gasteiger partial charge in [-0.15, -0.1) is 0 Å². The van der Waals surface area contributed by atoms with E-state index in [0.717, 1.165) is 15.5 Å². The summed E-state index contributed by atoms with van der Waals surface area (Å²) in [5.74, 6) is -0.569.